The Bertz CT molecular complexity index is 344. The van der Waals surface area contributed by atoms with Gasteiger partial charge < -0.3 is 15.2 Å². The van der Waals surface area contributed by atoms with Gasteiger partial charge in [0.15, 0.2) is 0 Å². The average Bonchev–Trinajstić information content (AvgIpc) is 3.12. The first-order chi connectivity index (χ1) is 10.1. The molecule has 21 heavy (non-hydrogen) atoms. The van der Waals surface area contributed by atoms with Gasteiger partial charge in [0, 0.05) is 19.2 Å². The Morgan fingerprint density at radius 3 is 2.81 bits per heavy atom. The topological polar surface area (TPSA) is 61.8 Å². The number of rotatable bonds is 8. The van der Waals surface area contributed by atoms with Gasteiger partial charge in [-0.2, -0.15) is 0 Å². The lowest BCUT2D eigenvalue weighted by Crippen LogP contribution is -2.52. The van der Waals surface area contributed by atoms with Crippen LogP contribution in [0.3, 0.4) is 0 Å². The molecule has 1 aliphatic heterocycles. The number of carbonyl (C=O) groups is 1. The van der Waals surface area contributed by atoms with E-state index in [1.54, 1.807) is 0 Å². The molecule has 0 aromatic carbocycles. The number of aliphatic carboxylic acids is 1. The van der Waals surface area contributed by atoms with E-state index in [9.17, 15) is 9.90 Å². The van der Waals surface area contributed by atoms with E-state index in [-0.39, 0.29) is 0 Å². The quantitative estimate of drug-likeness (QED) is 0.716. The number of carboxylic acids is 1. The average molecular weight is 298 g/mol. The summed E-state index contributed by atoms with van der Waals surface area (Å²) in [6.07, 6.45) is 6.01. The molecule has 0 bridgehead atoms. The molecule has 1 saturated carbocycles. The molecule has 2 fully saturated rings. The van der Waals surface area contributed by atoms with Gasteiger partial charge in [-0.3, -0.25) is 9.69 Å². The van der Waals surface area contributed by atoms with Crippen LogP contribution in [0.15, 0.2) is 0 Å². The standard InChI is InChI=1S/C16H30N2O3/c1-3-9-17-16(15(19)20)8-7-13(11-16)18(4-2)12-14-6-5-10-21-14/h13-14,17H,3-12H2,1-2H3,(H,19,20). The molecule has 2 aliphatic rings. The second-order valence-electron chi connectivity index (χ2n) is 6.43. The molecule has 2 rings (SSSR count). The van der Waals surface area contributed by atoms with Crippen LogP contribution in [0.25, 0.3) is 0 Å². The van der Waals surface area contributed by atoms with Gasteiger partial charge in [0.1, 0.15) is 5.54 Å². The summed E-state index contributed by atoms with van der Waals surface area (Å²) >= 11 is 0. The van der Waals surface area contributed by atoms with Gasteiger partial charge in [-0.1, -0.05) is 13.8 Å². The minimum absolute atomic E-state index is 0.341. The Hall–Kier alpha value is -0.650. The van der Waals surface area contributed by atoms with E-state index < -0.39 is 11.5 Å². The van der Waals surface area contributed by atoms with Crippen molar-refractivity contribution in [3.8, 4) is 0 Å². The largest absolute Gasteiger partial charge is 0.480 e. The molecule has 1 aliphatic carbocycles. The van der Waals surface area contributed by atoms with Gasteiger partial charge in [0.25, 0.3) is 0 Å². The molecule has 0 aromatic heterocycles. The second kappa shape index (κ2) is 7.56. The Morgan fingerprint density at radius 1 is 1.43 bits per heavy atom. The SMILES string of the molecule is CCCNC1(C(=O)O)CCC(N(CC)CC2CCCO2)C1. The van der Waals surface area contributed by atoms with E-state index in [4.69, 9.17) is 4.74 Å². The molecule has 0 amide bonds. The highest BCUT2D eigenvalue weighted by molar-refractivity contribution is 5.79. The third-order valence-corrected chi connectivity index (χ3v) is 5.00. The van der Waals surface area contributed by atoms with Crippen LogP contribution in [-0.2, 0) is 9.53 Å². The van der Waals surface area contributed by atoms with Gasteiger partial charge >= 0.3 is 5.97 Å². The lowest BCUT2D eigenvalue weighted by Gasteiger charge is -2.32. The fourth-order valence-electron chi connectivity index (χ4n) is 3.71. The normalized spacial score (nSPS) is 32.9. The molecule has 2 N–H and O–H groups in total. The highest BCUT2D eigenvalue weighted by Gasteiger charge is 2.46. The first-order valence-corrected chi connectivity index (χ1v) is 8.45. The van der Waals surface area contributed by atoms with Crippen LogP contribution < -0.4 is 5.32 Å². The minimum Gasteiger partial charge on any atom is -0.480 e. The highest BCUT2D eigenvalue weighted by Crippen LogP contribution is 2.34. The smallest absolute Gasteiger partial charge is 0.323 e. The number of carboxylic acid groups (broad SMARTS) is 1. The Morgan fingerprint density at radius 2 is 2.24 bits per heavy atom. The summed E-state index contributed by atoms with van der Waals surface area (Å²) in [6, 6.07) is 0.361. The van der Waals surface area contributed by atoms with Crippen molar-refractivity contribution in [1.82, 2.24) is 10.2 Å². The van der Waals surface area contributed by atoms with E-state index in [0.29, 0.717) is 18.6 Å². The molecule has 0 spiro atoms. The van der Waals surface area contributed by atoms with Crippen LogP contribution in [0.5, 0.6) is 0 Å². The van der Waals surface area contributed by atoms with Crippen LogP contribution in [0.4, 0.5) is 0 Å². The summed E-state index contributed by atoms with van der Waals surface area (Å²) in [5, 5.41) is 12.9. The number of likely N-dealkylation sites (N-methyl/N-ethyl adjacent to an activating group) is 1. The van der Waals surface area contributed by atoms with Gasteiger partial charge in [-0.15, -0.1) is 0 Å². The number of ether oxygens (including phenoxy) is 1. The minimum atomic E-state index is -0.718. The lowest BCUT2D eigenvalue weighted by atomic mass is 9.97. The van der Waals surface area contributed by atoms with Crippen LogP contribution in [0.2, 0.25) is 0 Å². The van der Waals surface area contributed by atoms with Crippen LogP contribution >= 0.6 is 0 Å². The number of nitrogens with one attached hydrogen (secondary N) is 1. The zero-order valence-electron chi connectivity index (χ0n) is 13.4. The molecule has 0 aromatic rings. The number of nitrogens with zero attached hydrogens (tertiary/aromatic N) is 1. The van der Waals surface area contributed by atoms with Crippen molar-refractivity contribution in [1.29, 1.82) is 0 Å². The van der Waals surface area contributed by atoms with Crippen molar-refractivity contribution in [2.24, 2.45) is 0 Å². The summed E-state index contributed by atoms with van der Waals surface area (Å²) in [5.41, 5.74) is -0.718. The third kappa shape index (κ3) is 3.96. The van der Waals surface area contributed by atoms with Crippen molar-refractivity contribution in [3.05, 3.63) is 0 Å². The predicted molar refractivity (Wildman–Crippen MR) is 82.5 cm³/mol. The molecule has 3 atom stereocenters. The lowest BCUT2D eigenvalue weighted by molar-refractivity contribution is -0.144. The molecule has 0 radical (unpaired) electrons. The predicted octanol–water partition coefficient (Wildman–Crippen LogP) is 1.86. The fourth-order valence-corrected chi connectivity index (χ4v) is 3.71. The first kappa shape index (κ1) is 16.7. The van der Waals surface area contributed by atoms with Crippen molar-refractivity contribution in [3.63, 3.8) is 0 Å². The van der Waals surface area contributed by atoms with Crippen LogP contribution in [-0.4, -0.2) is 59.9 Å². The van der Waals surface area contributed by atoms with E-state index in [0.717, 1.165) is 58.3 Å². The molecule has 1 saturated heterocycles. The summed E-state index contributed by atoms with van der Waals surface area (Å²) in [7, 11) is 0. The third-order valence-electron chi connectivity index (χ3n) is 5.00. The molecule has 5 heteroatoms. The van der Waals surface area contributed by atoms with Gasteiger partial charge in [0.2, 0.25) is 0 Å². The first-order valence-electron chi connectivity index (χ1n) is 8.45. The van der Waals surface area contributed by atoms with Crippen molar-refractivity contribution in [2.45, 2.75) is 70.1 Å². The molecule has 122 valence electrons. The maximum Gasteiger partial charge on any atom is 0.323 e. The summed E-state index contributed by atoms with van der Waals surface area (Å²) in [5.74, 6) is -0.688. The summed E-state index contributed by atoms with van der Waals surface area (Å²) in [6.45, 7) is 7.81. The molecule has 5 nitrogen and oxygen atoms in total. The Kier molecular flexibility index (Phi) is 6.02. The van der Waals surface area contributed by atoms with Crippen LogP contribution in [0.1, 0.15) is 52.4 Å². The fraction of sp³-hybridized carbons (Fsp3) is 0.938. The van der Waals surface area contributed by atoms with E-state index in [2.05, 4.69) is 24.1 Å². The van der Waals surface area contributed by atoms with E-state index >= 15 is 0 Å². The highest BCUT2D eigenvalue weighted by atomic mass is 16.5. The molecular weight excluding hydrogens is 268 g/mol. The van der Waals surface area contributed by atoms with Gasteiger partial charge in [-0.25, -0.2) is 0 Å². The maximum atomic E-state index is 11.7. The molecular formula is C16H30N2O3. The van der Waals surface area contributed by atoms with Crippen molar-refractivity contribution < 1.29 is 14.6 Å². The van der Waals surface area contributed by atoms with Crippen LogP contribution in [0, 0.1) is 0 Å². The van der Waals surface area contributed by atoms with Crippen molar-refractivity contribution >= 4 is 5.97 Å². The Balaban J connectivity index is 1.95. The summed E-state index contributed by atoms with van der Waals surface area (Å²) < 4.78 is 5.74. The van der Waals surface area contributed by atoms with Gasteiger partial charge in [0.05, 0.1) is 6.10 Å². The van der Waals surface area contributed by atoms with E-state index in [1.807, 2.05) is 0 Å². The monoisotopic (exact) mass is 298 g/mol. The van der Waals surface area contributed by atoms with Crippen molar-refractivity contribution in [2.75, 3.05) is 26.2 Å². The number of hydrogen-bond acceptors (Lipinski definition) is 4. The second-order valence-corrected chi connectivity index (χ2v) is 6.43. The zero-order chi connectivity index (χ0) is 15.3. The van der Waals surface area contributed by atoms with E-state index in [1.165, 1.54) is 0 Å². The molecule has 1 heterocycles. The van der Waals surface area contributed by atoms with Gasteiger partial charge in [-0.05, 0) is 51.6 Å². The Labute approximate surface area is 128 Å². The number of hydrogen-bond donors (Lipinski definition) is 2. The zero-order valence-corrected chi connectivity index (χ0v) is 13.4. The maximum absolute atomic E-state index is 11.7. The summed E-state index contributed by atoms with van der Waals surface area (Å²) in [4.78, 5) is 14.1. The molecule has 3 unspecified atom stereocenters.